The number of alkyl halides is 3. The van der Waals surface area contributed by atoms with E-state index < -0.39 is 23.4 Å². The van der Waals surface area contributed by atoms with Crippen molar-refractivity contribution < 1.29 is 23.1 Å². The van der Waals surface area contributed by atoms with Crippen LogP contribution < -0.4 is 5.73 Å². The molecule has 5 nitrogen and oxygen atoms in total. The van der Waals surface area contributed by atoms with Gasteiger partial charge in [0, 0.05) is 12.7 Å². The van der Waals surface area contributed by atoms with E-state index >= 15 is 0 Å². The molecule has 0 aliphatic rings. The van der Waals surface area contributed by atoms with Crippen molar-refractivity contribution in [2.24, 2.45) is 5.73 Å². The van der Waals surface area contributed by atoms with Gasteiger partial charge in [0.2, 0.25) is 0 Å². The Hall–Kier alpha value is -1.57. The fourth-order valence-corrected chi connectivity index (χ4v) is 1.30. The maximum atomic E-state index is 12.7. The van der Waals surface area contributed by atoms with Gasteiger partial charge in [-0.05, 0) is 13.0 Å². The first-order valence-corrected chi connectivity index (χ1v) is 4.36. The zero-order chi connectivity index (χ0) is 12.6. The van der Waals surface area contributed by atoms with E-state index in [9.17, 15) is 18.0 Å². The second-order valence-electron chi connectivity index (χ2n) is 3.14. The highest BCUT2D eigenvalue weighted by molar-refractivity contribution is 5.81. The lowest BCUT2D eigenvalue weighted by Gasteiger charge is -2.27. The van der Waals surface area contributed by atoms with Crippen molar-refractivity contribution in [3.8, 4) is 0 Å². The Morgan fingerprint density at radius 2 is 2.19 bits per heavy atom. The molecule has 90 valence electrons. The molecule has 0 aliphatic carbocycles. The predicted molar refractivity (Wildman–Crippen MR) is 47.5 cm³/mol. The SMILES string of the molecule is CCn1nccc1C(N)(C(=O)O)C(F)(F)F. The van der Waals surface area contributed by atoms with E-state index in [0.29, 0.717) is 0 Å². The second kappa shape index (κ2) is 3.78. The van der Waals surface area contributed by atoms with Crippen LogP contribution in [0.4, 0.5) is 13.2 Å². The van der Waals surface area contributed by atoms with Gasteiger partial charge in [-0.2, -0.15) is 18.3 Å². The number of nitrogens with zero attached hydrogens (tertiary/aromatic N) is 2. The van der Waals surface area contributed by atoms with Crippen LogP contribution in [-0.4, -0.2) is 27.0 Å². The van der Waals surface area contributed by atoms with Crippen molar-refractivity contribution in [2.75, 3.05) is 0 Å². The van der Waals surface area contributed by atoms with Crippen LogP contribution in [0.25, 0.3) is 0 Å². The van der Waals surface area contributed by atoms with Crippen molar-refractivity contribution in [2.45, 2.75) is 25.2 Å². The van der Waals surface area contributed by atoms with E-state index in [1.165, 1.54) is 6.92 Å². The smallest absolute Gasteiger partial charge is 0.423 e. The molecule has 0 fully saturated rings. The Bertz CT molecular complexity index is 401. The number of hydrogen-bond donors (Lipinski definition) is 2. The van der Waals surface area contributed by atoms with Crippen LogP contribution >= 0.6 is 0 Å². The average molecular weight is 237 g/mol. The summed E-state index contributed by atoms with van der Waals surface area (Å²) >= 11 is 0. The molecule has 1 rings (SSSR count). The standard InChI is InChI=1S/C8H10F3N3O2/c1-2-14-5(3-4-13-14)7(12,6(15)16)8(9,10)11/h3-4H,2,12H2,1H3,(H,15,16). The summed E-state index contributed by atoms with van der Waals surface area (Å²) in [6.45, 7) is 1.64. The predicted octanol–water partition coefficient (Wildman–Crippen LogP) is 0.704. The summed E-state index contributed by atoms with van der Waals surface area (Å²) in [5, 5.41) is 12.2. The summed E-state index contributed by atoms with van der Waals surface area (Å²) < 4.78 is 39.0. The van der Waals surface area contributed by atoms with Gasteiger partial charge in [-0.15, -0.1) is 0 Å². The zero-order valence-corrected chi connectivity index (χ0v) is 8.32. The number of carboxylic acids is 1. The largest absolute Gasteiger partial charge is 0.479 e. The van der Waals surface area contributed by atoms with Crippen LogP contribution in [0.3, 0.4) is 0 Å². The number of aryl methyl sites for hydroxylation is 1. The molecule has 0 aliphatic heterocycles. The van der Waals surface area contributed by atoms with E-state index in [2.05, 4.69) is 5.10 Å². The molecule has 0 aromatic carbocycles. The van der Waals surface area contributed by atoms with Crippen LogP contribution in [0.2, 0.25) is 0 Å². The number of hydrogen-bond acceptors (Lipinski definition) is 3. The maximum absolute atomic E-state index is 12.7. The molecular weight excluding hydrogens is 227 g/mol. The minimum atomic E-state index is -5.09. The van der Waals surface area contributed by atoms with Gasteiger partial charge in [0.25, 0.3) is 5.54 Å². The summed E-state index contributed by atoms with van der Waals surface area (Å²) in [5.74, 6) is -2.16. The Labute approximate surface area is 88.7 Å². The topological polar surface area (TPSA) is 81.1 Å². The molecule has 16 heavy (non-hydrogen) atoms. The lowest BCUT2D eigenvalue weighted by molar-refractivity contribution is -0.206. The minimum absolute atomic E-state index is 0.102. The highest BCUT2D eigenvalue weighted by atomic mass is 19.4. The van der Waals surface area contributed by atoms with Crippen molar-refractivity contribution >= 4 is 5.97 Å². The summed E-state index contributed by atoms with van der Waals surface area (Å²) in [6, 6.07) is 0.950. The van der Waals surface area contributed by atoms with Crippen LogP contribution in [0.15, 0.2) is 12.3 Å². The first-order valence-electron chi connectivity index (χ1n) is 4.36. The Balaban J connectivity index is 3.39. The molecule has 0 saturated heterocycles. The molecule has 0 saturated carbocycles. The van der Waals surface area contributed by atoms with E-state index in [1.807, 2.05) is 0 Å². The van der Waals surface area contributed by atoms with Crippen LogP contribution in [0, 0.1) is 0 Å². The summed E-state index contributed by atoms with van der Waals surface area (Å²) in [7, 11) is 0. The average Bonchev–Trinajstić information content (AvgIpc) is 2.61. The number of carbonyl (C=O) groups is 1. The number of rotatable bonds is 3. The van der Waals surface area contributed by atoms with E-state index in [-0.39, 0.29) is 6.54 Å². The van der Waals surface area contributed by atoms with Gasteiger partial charge < -0.3 is 10.8 Å². The fraction of sp³-hybridized carbons (Fsp3) is 0.500. The summed E-state index contributed by atoms with van der Waals surface area (Å²) in [6.07, 6.45) is -4.01. The zero-order valence-electron chi connectivity index (χ0n) is 8.32. The van der Waals surface area contributed by atoms with E-state index in [0.717, 1.165) is 16.9 Å². The second-order valence-corrected chi connectivity index (χ2v) is 3.14. The highest BCUT2D eigenvalue weighted by Gasteiger charge is 2.61. The van der Waals surface area contributed by atoms with Gasteiger partial charge in [0.05, 0.1) is 5.69 Å². The van der Waals surface area contributed by atoms with Crippen molar-refractivity contribution in [3.05, 3.63) is 18.0 Å². The van der Waals surface area contributed by atoms with Gasteiger partial charge in [-0.1, -0.05) is 0 Å². The van der Waals surface area contributed by atoms with Gasteiger partial charge >= 0.3 is 12.1 Å². The van der Waals surface area contributed by atoms with Crippen molar-refractivity contribution in [3.63, 3.8) is 0 Å². The van der Waals surface area contributed by atoms with Crippen LogP contribution in [-0.2, 0) is 16.9 Å². The Morgan fingerprint density at radius 1 is 1.62 bits per heavy atom. The molecular formula is C8H10F3N3O2. The molecule has 1 aromatic rings. The van der Waals surface area contributed by atoms with Gasteiger partial charge in [0.1, 0.15) is 0 Å². The molecule has 1 atom stereocenters. The quantitative estimate of drug-likeness (QED) is 0.810. The molecule has 1 aromatic heterocycles. The maximum Gasteiger partial charge on any atom is 0.423 e. The minimum Gasteiger partial charge on any atom is -0.479 e. The first kappa shape index (κ1) is 12.5. The van der Waals surface area contributed by atoms with Crippen LogP contribution in [0.1, 0.15) is 12.6 Å². The molecule has 3 N–H and O–H groups in total. The fourth-order valence-electron chi connectivity index (χ4n) is 1.30. The lowest BCUT2D eigenvalue weighted by atomic mass is 9.96. The molecule has 1 unspecified atom stereocenters. The van der Waals surface area contributed by atoms with Crippen LogP contribution in [0.5, 0.6) is 0 Å². The normalized spacial score (nSPS) is 15.8. The van der Waals surface area contributed by atoms with Crippen molar-refractivity contribution in [1.82, 2.24) is 9.78 Å². The third-order valence-corrected chi connectivity index (χ3v) is 2.20. The van der Waals surface area contributed by atoms with Crippen molar-refractivity contribution in [1.29, 1.82) is 0 Å². The number of halogens is 3. The summed E-state index contributed by atoms with van der Waals surface area (Å²) in [4.78, 5) is 10.7. The molecule has 0 spiro atoms. The molecule has 0 radical (unpaired) electrons. The number of nitrogens with two attached hydrogens (primary N) is 1. The molecule has 1 heterocycles. The van der Waals surface area contributed by atoms with Gasteiger partial charge in [-0.3, -0.25) is 4.68 Å². The molecule has 8 heteroatoms. The Morgan fingerprint density at radius 3 is 2.56 bits per heavy atom. The Kier molecular flexibility index (Phi) is 2.95. The lowest BCUT2D eigenvalue weighted by Crippen LogP contribution is -2.57. The number of aromatic nitrogens is 2. The van der Waals surface area contributed by atoms with E-state index in [4.69, 9.17) is 10.8 Å². The van der Waals surface area contributed by atoms with E-state index in [1.54, 1.807) is 0 Å². The third-order valence-electron chi connectivity index (χ3n) is 2.20. The first-order chi connectivity index (χ1) is 7.25. The van der Waals surface area contributed by atoms with Gasteiger partial charge in [0.15, 0.2) is 0 Å². The van der Waals surface area contributed by atoms with Gasteiger partial charge in [-0.25, -0.2) is 4.79 Å². The number of carboxylic acid groups (broad SMARTS) is 1. The third kappa shape index (κ3) is 1.64. The summed E-state index contributed by atoms with van der Waals surface area (Å²) in [5.41, 5.74) is 0.956. The number of aliphatic carboxylic acids is 1. The molecule has 0 amide bonds. The molecule has 0 bridgehead atoms. The monoisotopic (exact) mass is 237 g/mol. The highest BCUT2D eigenvalue weighted by Crippen LogP contribution is 2.36.